The average Bonchev–Trinajstić information content (AvgIpc) is 2.62. The maximum absolute atomic E-state index is 11.1. The molecule has 0 spiro atoms. The molecular formula is C13H14N2O2S. The first-order valence-corrected chi connectivity index (χ1v) is 6.27. The number of aryl methyl sites for hydroxylation is 2. The first kappa shape index (κ1) is 12.6. The maximum Gasteiger partial charge on any atom is 0.330 e. The number of anilines is 1. The Hall–Kier alpha value is -1.88. The number of carbonyl (C=O) groups excluding carboxylic acids is 1. The van der Waals surface area contributed by atoms with Crippen molar-refractivity contribution >= 4 is 39.3 Å². The average molecular weight is 262 g/mol. The Morgan fingerprint density at radius 3 is 2.89 bits per heavy atom. The summed E-state index contributed by atoms with van der Waals surface area (Å²) in [4.78, 5) is 17.3. The van der Waals surface area contributed by atoms with Crippen molar-refractivity contribution in [1.82, 2.24) is 4.98 Å². The zero-order valence-corrected chi connectivity index (χ0v) is 11.3. The number of nitrogens with two attached hydrogens (primary N) is 1. The second-order valence-corrected chi connectivity index (χ2v) is 5.03. The van der Waals surface area contributed by atoms with E-state index in [0.717, 1.165) is 26.4 Å². The van der Waals surface area contributed by atoms with E-state index in [-0.39, 0.29) is 0 Å². The number of ether oxygens (including phenoxy) is 1. The summed E-state index contributed by atoms with van der Waals surface area (Å²) < 4.78 is 4.55. The molecule has 0 saturated carbocycles. The second-order valence-electron chi connectivity index (χ2n) is 4.00. The summed E-state index contributed by atoms with van der Waals surface area (Å²) in [5.74, 6) is -0.396. The quantitative estimate of drug-likeness (QED) is 0.667. The van der Waals surface area contributed by atoms with Gasteiger partial charge in [0.25, 0.3) is 0 Å². The van der Waals surface area contributed by atoms with Gasteiger partial charge in [-0.2, -0.15) is 0 Å². The van der Waals surface area contributed by atoms with E-state index in [1.54, 1.807) is 6.08 Å². The van der Waals surface area contributed by atoms with Crippen molar-refractivity contribution in [3.8, 4) is 0 Å². The first-order valence-electron chi connectivity index (χ1n) is 5.45. The molecule has 94 valence electrons. The highest BCUT2D eigenvalue weighted by Gasteiger charge is 2.11. The third kappa shape index (κ3) is 2.22. The molecule has 18 heavy (non-hydrogen) atoms. The van der Waals surface area contributed by atoms with E-state index in [0.29, 0.717) is 5.69 Å². The van der Waals surface area contributed by atoms with Gasteiger partial charge >= 0.3 is 5.97 Å². The Kier molecular flexibility index (Phi) is 3.34. The summed E-state index contributed by atoms with van der Waals surface area (Å²) in [5.41, 5.74) is 8.82. The van der Waals surface area contributed by atoms with E-state index in [1.165, 1.54) is 24.5 Å². The summed E-state index contributed by atoms with van der Waals surface area (Å²) in [6, 6.07) is 2.00. The molecule has 2 aromatic rings. The fourth-order valence-corrected chi connectivity index (χ4v) is 2.94. The summed E-state index contributed by atoms with van der Waals surface area (Å²) >= 11 is 1.47. The van der Waals surface area contributed by atoms with Crippen LogP contribution in [0.3, 0.4) is 0 Å². The van der Waals surface area contributed by atoms with Gasteiger partial charge in [-0.3, -0.25) is 0 Å². The Morgan fingerprint density at radius 2 is 2.22 bits per heavy atom. The monoisotopic (exact) mass is 262 g/mol. The molecule has 2 heterocycles. The first-order chi connectivity index (χ1) is 8.52. The molecule has 0 radical (unpaired) electrons. The lowest BCUT2D eigenvalue weighted by atomic mass is 10.1. The summed E-state index contributed by atoms with van der Waals surface area (Å²) in [7, 11) is 1.34. The van der Waals surface area contributed by atoms with Crippen LogP contribution in [0.1, 0.15) is 16.1 Å². The van der Waals surface area contributed by atoms with Gasteiger partial charge < -0.3 is 10.5 Å². The van der Waals surface area contributed by atoms with Gasteiger partial charge in [0.1, 0.15) is 4.83 Å². The molecule has 0 bridgehead atoms. The molecule has 0 aliphatic rings. The lowest BCUT2D eigenvalue weighted by Gasteiger charge is -1.99. The third-order valence-corrected chi connectivity index (χ3v) is 3.69. The standard InChI is InChI=1S/C13H14N2O2S/c1-7-6-8(2)15-13-11(7)12(14)9(18-13)4-5-10(16)17-3/h4-6H,14H2,1-3H3/b5-4+. The van der Waals surface area contributed by atoms with Crippen LogP contribution in [0.25, 0.3) is 16.3 Å². The van der Waals surface area contributed by atoms with Crippen molar-refractivity contribution < 1.29 is 9.53 Å². The Morgan fingerprint density at radius 1 is 1.50 bits per heavy atom. The number of methoxy groups -OCH3 is 1. The van der Waals surface area contributed by atoms with E-state index in [9.17, 15) is 4.79 Å². The number of aromatic nitrogens is 1. The molecular weight excluding hydrogens is 248 g/mol. The van der Waals surface area contributed by atoms with Gasteiger partial charge in [-0.25, -0.2) is 9.78 Å². The second kappa shape index (κ2) is 4.78. The number of carbonyl (C=O) groups is 1. The van der Waals surface area contributed by atoms with Gasteiger partial charge in [-0.1, -0.05) is 0 Å². The number of nitrogens with zero attached hydrogens (tertiary/aromatic N) is 1. The van der Waals surface area contributed by atoms with Crippen LogP contribution >= 0.6 is 11.3 Å². The van der Waals surface area contributed by atoms with Gasteiger partial charge in [0, 0.05) is 17.2 Å². The van der Waals surface area contributed by atoms with Crippen molar-refractivity contribution in [2.45, 2.75) is 13.8 Å². The fraction of sp³-hybridized carbons (Fsp3) is 0.231. The maximum atomic E-state index is 11.1. The van der Waals surface area contributed by atoms with Crippen molar-refractivity contribution in [2.75, 3.05) is 12.8 Å². The highest BCUT2D eigenvalue weighted by molar-refractivity contribution is 7.20. The zero-order chi connectivity index (χ0) is 13.3. The topological polar surface area (TPSA) is 65.2 Å². The summed E-state index contributed by atoms with van der Waals surface area (Å²) in [5, 5.41) is 0.968. The number of hydrogen-bond donors (Lipinski definition) is 1. The SMILES string of the molecule is COC(=O)/C=C/c1sc2nc(C)cc(C)c2c1N. The number of thiophene rings is 1. The molecule has 0 atom stereocenters. The van der Waals surface area contributed by atoms with Crippen LogP contribution in [-0.2, 0) is 9.53 Å². The molecule has 0 aliphatic carbocycles. The third-order valence-electron chi connectivity index (χ3n) is 2.62. The van der Waals surface area contributed by atoms with Gasteiger partial charge in [-0.15, -0.1) is 11.3 Å². The number of rotatable bonds is 2. The molecule has 2 N–H and O–H groups in total. The van der Waals surface area contributed by atoms with Crippen LogP contribution < -0.4 is 5.73 Å². The molecule has 0 unspecified atom stereocenters. The zero-order valence-electron chi connectivity index (χ0n) is 10.5. The lowest BCUT2D eigenvalue weighted by Crippen LogP contribution is -1.93. The number of nitrogen functional groups attached to an aromatic ring is 1. The molecule has 5 heteroatoms. The molecule has 2 rings (SSSR count). The highest BCUT2D eigenvalue weighted by atomic mass is 32.1. The van der Waals surface area contributed by atoms with E-state index in [1.807, 2.05) is 19.9 Å². The minimum absolute atomic E-state index is 0.396. The molecule has 2 aromatic heterocycles. The predicted octanol–water partition coefficient (Wildman–Crippen LogP) is 2.68. The lowest BCUT2D eigenvalue weighted by molar-refractivity contribution is -0.134. The van der Waals surface area contributed by atoms with E-state index in [2.05, 4.69) is 9.72 Å². The van der Waals surface area contributed by atoms with E-state index >= 15 is 0 Å². The largest absolute Gasteiger partial charge is 0.466 e. The molecule has 0 aliphatic heterocycles. The van der Waals surface area contributed by atoms with Crippen LogP contribution in [0.4, 0.5) is 5.69 Å². The van der Waals surface area contributed by atoms with Crippen LogP contribution in [0, 0.1) is 13.8 Å². The molecule has 0 amide bonds. The van der Waals surface area contributed by atoms with Gasteiger partial charge in [0.05, 0.1) is 17.7 Å². The Labute approximate surface area is 109 Å². The number of esters is 1. The van der Waals surface area contributed by atoms with Gasteiger partial charge in [-0.05, 0) is 31.6 Å². The van der Waals surface area contributed by atoms with Crippen LogP contribution in [0.2, 0.25) is 0 Å². The van der Waals surface area contributed by atoms with Crippen molar-refractivity contribution in [3.63, 3.8) is 0 Å². The highest BCUT2D eigenvalue weighted by Crippen LogP contribution is 2.35. The van der Waals surface area contributed by atoms with E-state index in [4.69, 9.17) is 5.73 Å². The Balaban J connectivity index is 2.54. The van der Waals surface area contributed by atoms with Crippen LogP contribution in [0.5, 0.6) is 0 Å². The predicted molar refractivity (Wildman–Crippen MR) is 74.6 cm³/mol. The minimum atomic E-state index is -0.396. The number of fused-ring (bicyclic) bond motifs is 1. The fourth-order valence-electron chi connectivity index (χ4n) is 1.82. The Bertz CT molecular complexity index is 644. The number of pyridine rings is 1. The molecule has 4 nitrogen and oxygen atoms in total. The molecule has 0 fully saturated rings. The van der Waals surface area contributed by atoms with Gasteiger partial charge in [0.2, 0.25) is 0 Å². The smallest absolute Gasteiger partial charge is 0.330 e. The van der Waals surface area contributed by atoms with Crippen molar-refractivity contribution in [3.05, 3.63) is 28.3 Å². The van der Waals surface area contributed by atoms with Crippen molar-refractivity contribution in [2.24, 2.45) is 0 Å². The van der Waals surface area contributed by atoms with E-state index < -0.39 is 5.97 Å². The number of hydrogen-bond acceptors (Lipinski definition) is 5. The van der Waals surface area contributed by atoms with Crippen molar-refractivity contribution in [1.29, 1.82) is 0 Å². The normalized spacial score (nSPS) is 11.3. The van der Waals surface area contributed by atoms with Crippen LogP contribution in [-0.4, -0.2) is 18.1 Å². The summed E-state index contributed by atoms with van der Waals surface area (Å²) in [6.07, 6.45) is 3.03. The summed E-state index contributed by atoms with van der Waals surface area (Å²) in [6.45, 7) is 3.96. The van der Waals surface area contributed by atoms with Crippen LogP contribution in [0.15, 0.2) is 12.1 Å². The minimum Gasteiger partial charge on any atom is -0.466 e. The van der Waals surface area contributed by atoms with Gasteiger partial charge in [0.15, 0.2) is 0 Å². The molecule has 0 saturated heterocycles. The molecule has 0 aromatic carbocycles.